The van der Waals surface area contributed by atoms with Gasteiger partial charge in [-0.25, -0.2) is 14.1 Å². The van der Waals surface area contributed by atoms with E-state index in [1.165, 1.54) is 0 Å². The molecular formula is C9H16N4O11P2. The first kappa shape index (κ1) is 20.9. The molecule has 1 aliphatic heterocycles. The molecule has 5 atom stereocenters. The molecule has 1 saturated heterocycles. The van der Waals surface area contributed by atoms with Crippen LogP contribution < -0.4 is 11.5 Å². The number of amides is 1. The molecule has 1 fully saturated rings. The van der Waals surface area contributed by atoms with Crippen molar-refractivity contribution in [2.45, 2.75) is 24.5 Å². The fourth-order valence-corrected chi connectivity index (χ4v) is 3.78. The standard InChI is InChI=1S/C9H16N4O11P2/c10-7-4(8(11)16)12-2-13(7)9-6(15)5(14)3(23-9)1-22-26(20,21)24-25(17,18)19/h2-3,5-6,9,14-15H,1,10H2,(H2,11,16)(H,20,21)(H2,17,18,19)/t3-,5-,6-,9-/m1/s1. The van der Waals surface area contributed by atoms with Gasteiger partial charge in [-0.05, 0) is 0 Å². The Morgan fingerprint density at radius 2 is 1.92 bits per heavy atom. The molecule has 0 aliphatic carbocycles. The average molecular weight is 418 g/mol. The van der Waals surface area contributed by atoms with Crippen molar-refractivity contribution in [3.8, 4) is 0 Å². The number of aliphatic hydroxyl groups is 2. The number of carbonyl (C=O) groups is 1. The zero-order chi connectivity index (χ0) is 19.9. The Hall–Kier alpha value is -1.38. The molecule has 9 N–H and O–H groups in total. The van der Waals surface area contributed by atoms with E-state index in [2.05, 4.69) is 13.8 Å². The van der Waals surface area contributed by atoms with Crippen LogP contribution in [0.25, 0.3) is 0 Å². The van der Waals surface area contributed by atoms with Crippen molar-refractivity contribution < 1.29 is 52.4 Å². The first-order chi connectivity index (χ1) is 11.8. The number of nitrogen functional groups attached to an aromatic ring is 1. The molecule has 1 aliphatic rings. The topological polar surface area (TPSA) is 250 Å². The quantitative estimate of drug-likeness (QED) is 0.225. The van der Waals surface area contributed by atoms with Crippen molar-refractivity contribution in [2.75, 3.05) is 12.3 Å². The normalized spacial score (nSPS) is 28.8. The molecule has 15 nitrogen and oxygen atoms in total. The van der Waals surface area contributed by atoms with Crippen LogP contribution in [0, 0.1) is 0 Å². The van der Waals surface area contributed by atoms with Crippen molar-refractivity contribution >= 4 is 27.4 Å². The van der Waals surface area contributed by atoms with E-state index in [1.807, 2.05) is 0 Å². The van der Waals surface area contributed by atoms with E-state index in [-0.39, 0.29) is 11.5 Å². The largest absolute Gasteiger partial charge is 0.481 e. The number of anilines is 1. The van der Waals surface area contributed by atoms with Crippen LogP contribution in [0.4, 0.5) is 5.82 Å². The van der Waals surface area contributed by atoms with Crippen LogP contribution in [0.1, 0.15) is 16.7 Å². The summed E-state index contributed by atoms with van der Waals surface area (Å²) in [5.74, 6) is -1.20. The van der Waals surface area contributed by atoms with Crippen LogP contribution >= 0.6 is 15.6 Å². The molecule has 1 aromatic heterocycles. The number of aromatic nitrogens is 2. The molecule has 0 aromatic carbocycles. The highest BCUT2D eigenvalue weighted by Gasteiger charge is 2.46. The lowest BCUT2D eigenvalue weighted by molar-refractivity contribution is -0.0510. The highest BCUT2D eigenvalue weighted by Crippen LogP contribution is 2.57. The van der Waals surface area contributed by atoms with Gasteiger partial charge in [0, 0.05) is 0 Å². The molecule has 1 aromatic rings. The van der Waals surface area contributed by atoms with Crippen LogP contribution in [-0.2, 0) is 22.7 Å². The van der Waals surface area contributed by atoms with Gasteiger partial charge in [0.25, 0.3) is 5.91 Å². The molecule has 0 spiro atoms. The lowest BCUT2D eigenvalue weighted by Crippen LogP contribution is -2.33. The molecule has 2 heterocycles. The van der Waals surface area contributed by atoms with Gasteiger partial charge in [-0.15, -0.1) is 0 Å². The second-order valence-corrected chi connectivity index (χ2v) is 7.96. The third kappa shape index (κ3) is 4.66. The lowest BCUT2D eigenvalue weighted by atomic mass is 10.1. The lowest BCUT2D eigenvalue weighted by Gasteiger charge is -2.18. The predicted octanol–water partition coefficient (Wildman–Crippen LogP) is -2.59. The number of hydrogen-bond donors (Lipinski definition) is 7. The Bertz CT molecular complexity index is 778. The summed E-state index contributed by atoms with van der Waals surface area (Å²) < 4.78 is 36.1. The highest BCUT2D eigenvalue weighted by atomic mass is 31.3. The summed E-state index contributed by atoms with van der Waals surface area (Å²) in [5, 5.41) is 20.0. The zero-order valence-electron chi connectivity index (χ0n) is 12.7. The maximum atomic E-state index is 11.4. The van der Waals surface area contributed by atoms with Crippen LogP contribution in [-0.4, -0.2) is 65.3 Å². The van der Waals surface area contributed by atoms with E-state index in [0.29, 0.717) is 0 Å². The van der Waals surface area contributed by atoms with Gasteiger partial charge in [-0.3, -0.25) is 13.9 Å². The third-order valence-corrected chi connectivity index (χ3v) is 5.44. The van der Waals surface area contributed by atoms with Crippen LogP contribution in [0.3, 0.4) is 0 Å². The number of primary amides is 1. The number of imidazole rings is 1. The highest BCUT2D eigenvalue weighted by molar-refractivity contribution is 7.60. The SMILES string of the molecule is NC(=O)c1ncn([C@@H]2O[C@H](COP(=O)(O)OP(=O)(O)O)[C@@H](O)[C@H]2O)c1N. The second-order valence-electron chi connectivity index (χ2n) is 5.13. The van der Waals surface area contributed by atoms with Gasteiger partial charge in [0.1, 0.15) is 24.1 Å². The Labute approximate surface area is 145 Å². The molecule has 17 heteroatoms. The monoisotopic (exact) mass is 418 g/mol. The van der Waals surface area contributed by atoms with Crippen molar-refractivity contribution in [3.05, 3.63) is 12.0 Å². The van der Waals surface area contributed by atoms with E-state index in [1.54, 1.807) is 0 Å². The Kier molecular flexibility index (Phi) is 5.90. The van der Waals surface area contributed by atoms with Crippen molar-refractivity contribution in [2.24, 2.45) is 5.73 Å². The van der Waals surface area contributed by atoms with Crippen LogP contribution in [0.15, 0.2) is 6.33 Å². The van der Waals surface area contributed by atoms with E-state index in [4.69, 9.17) is 26.0 Å². The van der Waals surface area contributed by atoms with Crippen molar-refractivity contribution in [1.29, 1.82) is 0 Å². The molecule has 2 rings (SSSR count). The number of phosphoric acid groups is 2. The molecule has 0 radical (unpaired) electrons. The van der Waals surface area contributed by atoms with E-state index < -0.39 is 52.7 Å². The maximum Gasteiger partial charge on any atom is 0.481 e. The fourth-order valence-electron chi connectivity index (χ4n) is 2.19. The summed E-state index contributed by atoms with van der Waals surface area (Å²) in [6.45, 7) is -0.875. The van der Waals surface area contributed by atoms with Gasteiger partial charge in [0.2, 0.25) is 0 Å². The van der Waals surface area contributed by atoms with E-state index in [0.717, 1.165) is 10.9 Å². The minimum Gasteiger partial charge on any atom is -0.387 e. The molecule has 26 heavy (non-hydrogen) atoms. The minimum absolute atomic E-state index is 0.256. The summed E-state index contributed by atoms with van der Waals surface area (Å²) in [7, 11) is -10.5. The van der Waals surface area contributed by atoms with Crippen LogP contribution in [0.5, 0.6) is 0 Å². The summed E-state index contributed by atoms with van der Waals surface area (Å²) in [6, 6.07) is 0. The number of rotatable bonds is 7. The number of phosphoric ester groups is 1. The number of nitrogens with two attached hydrogens (primary N) is 2. The van der Waals surface area contributed by atoms with Crippen molar-refractivity contribution in [1.82, 2.24) is 9.55 Å². The number of aliphatic hydroxyl groups excluding tert-OH is 2. The number of ether oxygens (including phenoxy) is 1. The number of hydrogen-bond acceptors (Lipinski definition) is 10. The summed E-state index contributed by atoms with van der Waals surface area (Å²) in [5.41, 5.74) is 10.4. The van der Waals surface area contributed by atoms with Gasteiger partial charge in [-0.2, -0.15) is 4.31 Å². The minimum atomic E-state index is -5.31. The van der Waals surface area contributed by atoms with Gasteiger partial charge >= 0.3 is 15.6 Å². The van der Waals surface area contributed by atoms with E-state index in [9.17, 15) is 29.0 Å². The van der Waals surface area contributed by atoms with Crippen LogP contribution in [0.2, 0.25) is 0 Å². The number of nitrogens with zero attached hydrogens (tertiary/aromatic N) is 2. The molecule has 1 unspecified atom stereocenters. The summed E-state index contributed by atoms with van der Waals surface area (Å²) in [6.07, 6.45) is -4.99. The Morgan fingerprint density at radius 1 is 1.31 bits per heavy atom. The first-order valence-corrected chi connectivity index (χ1v) is 9.73. The molecular weight excluding hydrogens is 402 g/mol. The van der Waals surface area contributed by atoms with Gasteiger partial charge in [-0.1, -0.05) is 0 Å². The first-order valence-electron chi connectivity index (χ1n) is 6.70. The van der Waals surface area contributed by atoms with Gasteiger partial charge in [0.15, 0.2) is 11.9 Å². The molecule has 0 saturated carbocycles. The Morgan fingerprint density at radius 3 is 2.42 bits per heavy atom. The van der Waals surface area contributed by atoms with Crippen molar-refractivity contribution in [3.63, 3.8) is 0 Å². The second kappa shape index (κ2) is 7.32. The summed E-state index contributed by atoms with van der Waals surface area (Å²) >= 11 is 0. The maximum absolute atomic E-state index is 11.4. The summed E-state index contributed by atoms with van der Waals surface area (Å²) in [4.78, 5) is 41.0. The molecule has 1 amide bonds. The zero-order valence-corrected chi connectivity index (χ0v) is 14.5. The molecule has 0 bridgehead atoms. The fraction of sp³-hybridized carbons (Fsp3) is 0.556. The smallest absolute Gasteiger partial charge is 0.387 e. The number of carbonyl (C=O) groups excluding carboxylic acids is 1. The van der Waals surface area contributed by atoms with Gasteiger partial charge < -0.3 is 41.1 Å². The predicted molar refractivity (Wildman–Crippen MR) is 80.0 cm³/mol. The van der Waals surface area contributed by atoms with Gasteiger partial charge in [0.05, 0.1) is 12.9 Å². The average Bonchev–Trinajstić information content (AvgIpc) is 2.97. The van der Waals surface area contributed by atoms with E-state index >= 15 is 0 Å². The third-order valence-electron chi connectivity index (χ3n) is 3.29. The molecule has 148 valence electrons. The Balaban J connectivity index is 2.09.